The van der Waals surface area contributed by atoms with E-state index in [0.29, 0.717) is 5.56 Å². The van der Waals surface area contributed by atoms with Crippen LogP contribution in [-0.4, -0.2) is 56.0 Å². The van der Waals surface area contributed by atoms with E-state index in [-0.39, 0.29) is 11.9 Å². The SMILES string of the molecule is COc1cccc([C@H](c2c(NC(=O)c3ccccc3)sc(C)c2C)N2CCN(C)CC2)c1. The maximum Gasteiger partial charge on any atom is 0.256 e. The van der Waals surface area contributed by atoms with Gasteiger partial charge in [-0.2, -0.15) is 0 Å². The lowest BCUT2D eigenvalue weighted by Gasteiger charge is -2.39. The molecule has 1 fully saturated rings. The van der Waals surface area contributed by atoms with E-state index >= 15 is 0 Å². The van der Waals surface area contributed by atoms with Crippen molar-refractivity contribution in [3.8, 4) is 5.75 Å². The summed E-state index contributed by atoms with van der Waals surface area (Å²) in [6.45, 7) is 8.29. The molecular formula is C26H31N3O2S. The molecular weight excluding hydrogens is 418 g/mol. The number of carbonyl (C=O) groups is 1. The first kappa shape index (κ1) is 22.5. The van der Waals surface area contributed by atoms with E-state index in [9.17, 15) is 4.79 Å². The molecule has 6 heteroatoms. The molecule has 0 spiro atoms. The molecule has 3 aromatic rings. The van der Waals surface area contributed by atoms with Crippen LogP contribution in [0.1, 0.15) is 38.0 Å². The average molecular weight is 450 g/mol. The van der Waals surface area contributed by atoms with Crippen LogP contribution in [0.15, 0.2) is 54.6 Å². The predicted molar refractivity (Wildman–Crippen MR) is 132 cm³/mol. The van der Waals surface area contributed by atoms with Gasteiger partial charge in [-0.25, -0.2) is 0 Å². The zero-order valence-corrected chi connectivity index (χ0v) is 20.0. The summed E-state index contributed by atoms with van der Waals surface area (Å²) in [6, 6.07) is 17.8. The Morgan fingerprint density at radius 2 is 1.75 bits per heavy atom. The van der Waals surface area contributed by atoms with Gasteiger partial charge in [0.15, 0.2) is 0 Å². The smallest absolute Gasteiger partial charge is 0.256 e. The minimum absolute atomic E-state index is 0.0508. The van der Waals surface area contributed by atoms with E-state index in [4.69, 9.17) is 4.74 Å². The van der Waals surface area contributed by atoms with Crippen molar-refractivity contribution in [2.45, 2.75) is 19.9 Å². The van der Waals surface area contributed by atoms with E-state index in [1.54, 1.807) is 18.4 Å². The number of amides is 1. The molecule has 2 heterocycles. The summed E-state index contributed by atoms with van der Waals surface area (Å²) >= 11 is 1.66. The summed E-state index contributed by atoms with van der Waals surface area (Å²) in [7, 11) is 3.87. The summed E-state index contributed by atoms with van der Waals surface area (Å²) in [6.07, 6.45) is 0. The molecule has 32 heavy (non-hydrogen) atoms. The Hall–Kier alpha value is -2.67. The third kappa shape index (κ3) is 4.72. The van der Waals surface area contributed by atoms with Gasteiger partial charge in [-0.15, -0.1) is 11.3 Å². The van der Waals surface area contributed by atoms with Crippen LogP contribution in [0.3, 0.4) is 0 Å². The van der Waals surface area contributed by atoms with E-state index < -0.39 is 0 Å². The molecule has 0 unspecified atom stereocenters. The first-order valence-electron chi connectivity index (χ1n) is 11.0. The highest BCUT2D eigenvalue weighted by Gasteiger charge is 2.31. The van der Waals surface area contributed by atoms with Gasteiger partial charge < -0.3 is 15.0 Å². The molecule has 1 atom stereocenters. The van der Waals surface area contributed by atoms with Gasteiger partial charge in [0.2, 0.25) is 0 Å². The molecule has 0 bridgehead atoms. The number of piperazine rings is 1. The fourth-order valence-electron chi connectivity index (χ4n) is 4.28. The number of anilines is 1. The van der Waals surface area contributed by atoms with E-state index in [2.05, 4.69) is 48.1 Å². The van der Waals surface area contributed by atoms with Crippen molar-refractivity contribution in [2.24, 2.45) is 0 Å². The summed E-state index contributed by atoms with van der Waals surface area (Å²) < 4.78 is 5.54. The number of methoxy groups -OCH3 is 1. The van der Waals surface area contributed by atoms with Crippen molar-refractivity contribution >= 4 is 22.2 Å². The molecule has 1 aliphatic heterocycles. The van der Waals surface area contributed by atoms with E-state index in [0.717, 1.165) is 36.9 Å². The van der Waals surface area contributed by atoms with Crippen molar-refractivity contribution in [2.75, 3.05) is 45.7 Å². The van der Waals surface area contributed by atoms with Crippen LogP contribution in [0.5, 0.6) is 5.75 Å². The van der Waals surface area contributed by atoms with Gasteiger partial charge in [-0.05, 0) is 56.3 Å². The number of carbonyl (C=O) groups excluding carboxylic acids is 1. The molecule has 4 rings (SSSR count). The third-order valence-corrected chi connectivity index (χ3v) is 7.42. The minimum atomic E-state index is -0.0733. The average Bonchev–Trinajstić information content (AvgIpc) is 3.09. The zero-order chi connectivity index (χ0) is 22.7. The van der Waals surface area contributed by atoms with Crippen LogP contribution < -0.4 is 10.1 Å². The molecule has 168 valence electrons. The molecule has 0 saturated carbocycles. The molecule has 0 radical (unpaired) electrons. The summed E-state index contributed by atoms with van der Waals surface area (Å²) in [5, 5.41) is 4.16. The number of aryl methyl sites for hydroxylation is 1. The van der Waals surface area contributed by atoms with Gasteiger partial charge in [-0.3, -0.25) is 9.69 Å². The Labute approximate surface area is 194 Å². The third-order valence-electron chi connectivity index (χ3n) is 6.28. The second-order valence-corrected chi connectivity index (χ2v) is 9.59. The van der Waals surface area contributed by atoms with E-state index in [1.165, 1.54) is 21.6 Å². The Morgan fingerprint density at radius 3 is 2.44 bits per heavy atom. The number of benzene rings is 2. The Bertz CT molecular complexity index is 1070. The largest absolute Gasteiger partial charge is 0.497 e. The first-order valence-corrected chi connectivity index (χ1v) is 11.8. The first-order chi connectivity index (χ1) is 15.5. The van der Waals surface area contributed by atoms with Gasteiger partial charge in [0.25, 0.3) is 5.91 Å². The predicted octanol–water partition coefficient (Wildman–Crippen LogP) is 4.96. The number of likely N-dealkylation sites (N-methyl/N-ethyl adjacent to an activating group) is 1. The van der Waals surface area contributed by atoms with Crippen LogP contribution in [0, 0.1) is 13.8 Å². The van der Waals surface area contributed by atoms with E-state index in [1.807, 2.05) is 42.5 Å². The lowest BCUT2D eigenvalue weighted by Crippen LogP contribution is -2.46. The fraction of sp³-hybridized carbons (Fsp3) is 0.346. The van der Waals surface area contributed by atoms with Crippen LogP contribution in [-0.2, 0) is 0 Å². The summed E-state index contributed by atoms with van der Waals surface area (Å²) in [5.41, 5.74) is 4.28. The zero-order valence-electron chi connectivity index (χ0n) is 19.2. The van der Waals surface area contributed by atoms with Gasteiger partial charge in [0.1, 0.15) is 10.8 Å². The molecule has 1 aromatic heterocycles. The quantitative estimate of drug-likeness (QED) is 0.578. The van der Waals surface area contributed by atoms with Crippen LogP contribution >= 0.6 is 11.3 Å². The lowest BCUT2D eigenvalue weighted by molar-refractivity contribution is 0.102. The second-order valence-electron chi connectivity index (χ2n) is 8.36. The van der Waals surface area contributed by atoms with Gasteiger partial charge in [0.05, 0.1) is 13.2 Å². The second kappa shape index (κ2) is 9.86. The number of rotatable bonds is 6. The number of thiophene rings is 1. The van der Waals surface area contributed by atoms with Gasteiger partial charge in [0, 0.05) is 42.2 Å². The maximum atomic E-state index is 13.0. The van der Waals surface area contributed by atoms with Crippen molar-refractivity contribution in [1.82, 2.24) is 9.80 Å². The van der Waals surface area contributed by atoms with Gasteiger partial charge >= 0.3 is 0 Å². The highest BCUT2D eigenvalue weighted by atomic mass is 32.1. The molecule has 5 nitrogen and oxygen atoms in total. The van der Waals surface area contributed by atoms with Crippen molar-refractivity contribution in [1.29, 1.82) is 0 Å². The molecule has 1 amide bonds. The van der Waals surface area contributed by atoms with Crippen molar-refractivity contribution < 1.29 is 9.53 Å². The number of nitrogens with zero attached hydrogens (tertiary/aromatic N) is 2. The monoisotopic (exact) mass is 449 g/mol. The Balaban J connectivity index is 1.77. The normalized spacial score (nSPS) is 16.0. The molecule has 1 saturated heterocycles. The highest BCUT2D eigenvalue weighted by molar-refractivity contribution is 7.16. The van der Waals surface area contributed by atoms with Crippen molar-refractivity contribution in [3.63, 3.8) is 0 Å². The topological polar surface area (TPSA) is 44.8 Å². The Morgan fingerprint density at radius 1 is 1.03 bits per heavy atom. The fourth-order valence-corrected chi connectivity index (χ4v) is 5.37. The number of nitrogens with one attached hydrogen (secondary N) is 1. The van der Waals surface area contributed by atoms with Crippen LogP contribution in [0.25, 0.3) is 0 Å². The minimum Gasteiger partial charge on any atom is -0.497 e. The standard InChI is InChI=1S/C26H31N3O2S/c1-18-19(2)32-26(27-25(30)20-9-6-5-7-10-20)23(18)24(29-15-13-28(3)14-16-29)21-11-8-12-22(17-21)31-4/h5-12,17,24H,13-16H2,1-4H3,(H,27,30)/t24-/m1/s1. The molecule has 1 N–H and O–H groups in total. The van der Waals surface area contributed by atoms with Crippen LogP contribution in [0.4, 0.5) is 5.00 Å². The van der Waals surface area contributed by atoms with Gasteiger partial charge in [-0.1, -0.05) is 30.3 Å². The van der Waals surface area contributed by atoms with Crippen LogP contribution in [0.2, 0.25) is 0 Å². The Kier molecular flexibility index (Phi) is 6.94. The number of hydrogen-bond donors (Lipinski definition) is 1. The molecule has 2 aromatic carbocycles. The summed E-state index contributed by atoms with van der Waals surface area (Å²) in [5.74, 6) is 0.775. The number of hydrogen-bond acceptors (Lipinski definition) is 5. The summed E-state index contributed by atoms with van der Waals surface area (Å²) in [4.78, 5) is 19.1. The molecule has 1 aliphatic rings. The molecule has 0 aliphatic carbocycles. The lowest BCUT2D eigenvalue weighted by atomic mass is 9.94. The highest BCUT2D eigenvalue weighted by Crippen LogP contribution is 2.43. The maximum absolute atomic E-state index is 13.0. The number of ether oxygens (including phenoxy) is 1. The van der Waals surface area contributed by atoms with Crippen molar-refractivity contribution in [3.05, 3.63) is 81.7 Å².